The van der Waals surface area contributed by atoms with Gasteiger partial charge in [0, 0.05) is 17.6 Å². The number of hydrogen-bond donors (Lipinski definition) is 1. The Morgan fingerprint density at radius 3 is 2.95 bits per heavy atom. The highest BCUT2D eigenvalue weighted by Gasteiger charge is 2.22. The van der Waals surface area contributed by atoms with Crippen LogP contribution in [0.25, 0.3) is 10.9 Å². The molecule has 0 spiro atoms. The predicted molar refractivity (Wildman–Crippen MR) is 80.1 cm³/mol. The highest BCUT2D eigenvalue weighted by atomic mass is 14.9. The average Bonchev–Trinajstić information content (AvgIpc) is 2.41. The van der Waals surface area contributed by atoms with Gasteiger partial charge in [-0.25, -0.2) is 0 Å². The number of nitrogens with one attached hydrogen (secondary N) is 1. The van der Waals surface area contributed by atoms with Crippen LogP contribution in [-0.2, 0) is 0 Å². The van der Waals surface area contributed by atoms with E-state index < -0.39 is 0 Å². The van der Waals surface area contributed by atoms with Crippen LogP contribution in [0.1, 0.15) is 44.2 Å². The van der Waals surface area contributed by atoms with Crippen LogP contribution in [-0.4, -0.2) is 11.5 Å². The molecule has 0 saturated heterocycles. The van der Waals surface area contributed by atoms with E-state index in [1.54, 1.807) is 0 Å². The lowest BCUT2D eigenvalue weighted by atomic mass is 9.79. The van der Waals surface area contributed by atoms with Crippen molar-refractivity contribution in [2.45, 2.75) is 38.6 Å². The Morgan fingerprint density at radius 2 is 2.21 bits per heavy atom. The number of rotatable bonds is 5. The van der Waals surface area contributed by atoms with Crippen molar-refractivity contribution < 1.29 is 0 Å². The second kappa shape index (κ2) is 5.70. The maximum atomic E-state index is 4.40. The van der Waals surface area contributed by atoms with Crippen molar-refractivity contribution in [2.75, 3.05) is 6.54 Å². The topological polar surface area (TPSA) is 24.9 Å². The van der Waals surface area contributed by atoms with Gasteiger partial charge in [-0.1, -0.05) is 38.3 Å². The zero-order chi connectivity index (χ0) is 13.1. The SMILES string of the molecule is CCNC(CC1CCC1)c1ccc2ncccc2c1. The molecule has 100 valence electrons. The number of nitrogens with zero attached hydrogens (tertiary/aromatic N) is 1. The standard InChI is InChI=1S/C17H22N2/c1-2-18-17(11-13-5-3-6-13)15-8-9-16-14(12-15)7-4-10-19-16/h4,7-10,12-13,17-18H,2-3,5-6,11H2,1H3. The van der Waals surface area contributed by atoms with Gasteiger partial charge >= 0.3 is 0 Å². The van der Waals surface area contributed by atoms with E-state index in [4.69, 9.17) is 0 Å². The van der Waals surface area contributed by atoms with Crippen molar-refractivity contribution in [3.8, 4) is 0 Å². The van der Waals surface area contributed by atoms with E-state index in [0.29, 0.717) is 6.04 Å². The second-order valence-electron chi connectivity index (χ2n) is 5.60. The van der Waals surface area contributed by atoms with Crippen molar-refractivity contribution >= 4 is 10.9 Å². The number of pyridine rings is 1. The first-order valence-electron chi connectivity index (χ1n) is 7.45. The number of hydrogen-bond acceptors (Lipinski definition) is 2. The molecule has 1 atom stereocenters. The molecule has 1 aliphatic carbocycles. The number of benzene rings is 1. The molecule has 1 saturated carbocycles. The third-order valence-electron chi connectivity index (χ3n) is 4.27. The molecule has 3 rings (SSSR count). The van der Waals surface area contributed by atoms with E-state index in [-0.39, 0.29) is 0 Å². The molecule has 1 aromatic carbocycles. The summed E-state index contributed by atoms with van der Waals surface area (Å²) >= 11 is 0. The van der Waals surface area contributed by atoms with E-state index in [9.17, 15) is 0 Å². The van der Waals surface area contributed by atoms with Gasteiger partial charge in [-0.3, -0.25) is 4.98 Å². The molecule has 1 unspecified atom stereocenters. The first-order chi connectivity index (χ1) is 9.36. The van der Waals surface area contributed by atoms with Gasteiger partial charge < -0.3 is 5.32 Å². The minimum atomic E-state index is 0.500. The lowest BCUT2D eigenvalue weighted by Gasteiger charge is -2.30. The summed E-state index contributed by atoms with van der Waals surface area (Å²) in [6.45, 7) is 3.22. The van der Waals surface area contributed by atoms with Crippen LogP contribution in [0.15, 0.2) is 36.5 Å². The summed E-state index contributed by atoms with van der Waals surface area (Å²) in [5.41, 5.74) is 2.50. The first kappa shape index (κ1) is 12.6. The van der Waals surface area contributed by atoms with Crippen molar-refractivity contribution in [3.63, 3.8) is 0 Å². The summed E-state index contributed by atoms with van der Waals surface area (Å²) < 4.78 is 0. The Labute approximate surface area is 115 Å². The fourth-order valence-electron chi connectivity index (χ4n) is 2.96. The number of fused-ring (bicyclic) bond motifs is 1. The summed E-state index contributed by atoms with van der Waals surface area (Å²) in [5, 5.41) is 4.89. The highest BCUT2D eigenvalue weighted by Crippen LogP contribution is 2.35. The maximum absolute atomic E-state index is 4.40. The predicted octanol–water partition coefficient (Wildman–Crippen LogP) is 4.08. The van der Waals surface area contributed by atoms with Gasteiger partial charge in [-0.15, -0.1) is 0 Å². The van der Waals surface area contributed by atoms with Gasteiger partial charge in [0.05, 0.1) is 5.52 Å². The van der Waals surface area contributed by atoms with Crippen molar-refractivity contribution in [3.05, 3.63) is 42.1 Å². The normalized spacial score (nSPS) is 17.3. The van der Waals surface area contributed by atoms with Crippen LogP contribution in [0.2, 0.25) is 0 Å². The van der Waals surface area contributed by atoms with Crippen LogP contribution in [0.4, 0.5) is 0 Å². The fourth-order valence-corrected chi connectivity index (χ4v) is 2.96. The summed E-state index contributed by atoms with van der Waals surface area (Å²) in [5.74, 6) is 0.925. The van der Waals surface area contributed by atoms with Gasteiger partial charge in [0.2, 0.25) is 0 Å². The van der Waals surface area contributed by atoms with Crippen LogP contribution < -0.4 is 5.32 Å². The zero-order valence-electron chi connectivity index (χ0n) is 11.6. The van der Waals surface area contributed by atoms with Crippen molar-refractivity contribution in [2.24, 2.45) is 5.92 Å². The molecule has 19 heavy (non-hydrogen) atoms. The van der Waals surface area contributed by atoms with E-state index in [2.05, 4.69) is 41.5 Å². The molecule has 1 aromatic heterocycles. The smallest absolute Gasteiger partial charge is 0.0702 e. The van der Waals surface area contributed by atoms with Gasteiger partial charge in [-0.2, -0.15) is 0 Å². The molecule has 1 heterocycles. The average molecular weight is 254 g/mol. The third kappa shape index (κ3) is 2.79. The molecule has 2 heteroatoms. The number of aromatic nitrogens is 1. The highest BCUT2D eigenvalue weighted by molar-refractivity contribution is 5.79. The van der Waals surface area contributed by atoms with E-state index in [1.165, 1.54) is 36.6 Å². The summed E-state index contributed by atoms with van der Waals surface area (Å²) in [4.78, 5) is 4.40. The minimum absolute atomic E-state index is 0.500. The molecule has 0 amide bonds. The lowest BCUT2D eigenvalue weighted by molar-refractivity contribution is 0.262. The summed E-state index contributed by atoms with van der Waals surface area (Å²) in [6.07, 6.45) is 7.39. The molecule has 1 aliphatic rings. The van der Waals surface area contributed by atoms with Gasteiger partial charge in [0.1, 0.15) is 0 Å². The second-order valence-corrected chi connectivity index (χ2v) is 5.60. The molecule has 2 nitrogen and oxygen atoms in total. The Kier molecular flexibility index (Phi) is 3.79. The lowest BCUT2D eigenvalue weighted by Crippen LogP contribution is -2.25. The first-order valence-corrected chi connectivity index (χ1v) is 7.45. The Morgan fingerprint density at radius 1 is 1.32 bits per heavy atom. The molecular weight excluding hydrogens is 232 g/mol. The van der Waals surface area contributed by atoms with Crippen molar-refractivity contribution in [1.29, 1.82) is 0 Å². The summed E-state index contributed by atoms with van der Waals surface area (Å²) in [6, 6.07) is 11.4. The summed E-state index contributed by atoms with van der Waals surface area (Å²) in [7, 11) is 0. The quantitative estimate of drug-likeness (QED) is 0.869. The Hall–Kier alpha value is -1.41. The Balaban J connectivity index is 1.85. The van der Waals surface area contributed by atoms with Gasteiger partial charge in [0.15, 0.2) is 0 Å². The molecule has 0 bridgehead atoms. The molecule has 2 aromatic rings. The molecule has 1 fully saturated rings. The largest absolute Gasteiger partial charge is 0.310 e. The monoisotopic (exact) mass is 254 g/mol. The van der Waals surface area contributed by atoms with Crippen LogP contribution >= 0.6 is 0 Å². The van der Waals surface area contributed by atoms with Gasteiger partial charge in [-0.05, 0) is 42.6 Å². The van der Waals surface area contributed by atoms with Crippen LogP contribution in [0, 0.1) is 5.92 Å². The van der Waals surface area contributed by atoms with E-state index in [0.717, 1.165) is 18.0 Å². The molecular formula is C17H22N2. The molecule has 0 aliphatic heterocycles. The van der Waals surface area contributed by atoms with Gasteiger partial charge in [0.25, 0.3) is 0 Å². The van der Waals surface area contributed by atoms with E-state index in [1.807, 2.05) is 12.3 Å². The molecule has 0 radical (unpaired) electrons. The third-order valence-corrected chi connectivity index (χ3v) is 4.27. The maximum Gasteiger partial charge on any atom is 0.0702 e. The van der Waals surface area contributed by atoms with Crippen LogP contribution in [0.3, 0.4) is 0 Å². The van der Waals surface area contributed by atoms with Crippen molar-refractivity contribution in [1.82, 2.24) is 10.3 Å². The van der Waals surface area contributed by atoms with Crippen LogP contribution in [0.5, 0.6) is 0 Å². The minimum Gasteiger partial charge on any atom is -0.310 e. The van der Waals surface area contributed by atoms with E-state index >= 15 is 0 Å². The Bertz CT molecular complexity index is 546. The molecule has 1 N–H and O–H groups in total. The fraction of sp³-hybridized carbons (Fsp3) is 0.471. The zero-order valence-corrected chi connectivity index (χ0v) is 11.6.